The van der Waals surface area contributed by atoms with Crippen molar-refractivity contribution in [2.45, 2.75) is 12.8 Å². The number of nitrogens with zero attached hydrogens (tertiary/aromatic N) is 4. The molecule has 120 valence electrons. The lowest BCUT2D eigenvalue weighted by atomic mass is 10.1. The Labute approximate surface area is 145 Å². The van der Waals surface area contributed by atoms with Crippen LogP contribution in [0.5, 0.6) is 0 Å². The van der Waals surface area contributed by atoms with Crippen LogP contribution in [-0.2, 0) is 12.8 Å². The number of aromatic amines is 1. The molecule has 5 nitrogen and oxygen atoms in total. The van der Waals surface area contributed by atoms with Gasteiger partial charge in [0.2, 0.25) is 0 Å². The monoisotopic (exact) mass is 325 g/mol. The molecule has 0 amide bonds. The van der Waals surface area contributed by atoms with E-state index in [1.807, 2.05) is 42.6 Å². The summed E-state index contributed by atoms with van der Waals surface area (Å²) in [6, 6.07) is 15.8. The molecule has 1 N–H and O–H groups in total. The number of aryl methyl sites for hydroxylation is 2. The van der Waals surface area contributed by atoms with Crippen molar-refractivity contribution in [3.8, 4) is 17.2 Å². The van der Waals surface area contributed by atoms with E-state index >= 15 is 0 Å². The smallest absolute Gasteiger partial charge is 0.177 e. The zero-order valence-electron chi connectivity index (χ0n) is 13.5. The molecule has 3 heterocycles. The lowest BCUT2D eigenvalue weighted by Gasteiger charge is -2.00. The summed E-state index contributed by atoms with van der Waals surface area (Å²) in [6.45, 7) is 0. The number of hydrogen-bond acceptors (Lipinski definition) is 4. The van der Waals surface area contributed by atoms with Crippen molar-refractivity contribution in [3.05, 3.63) is 78.0 Å². The molecule has 1 aromatic carbocycles. The minimum absolute atomic E-state index is 0.686. The molecular formula is C20H15N5. The maximum Gasteiger partial charge on any atom is 0.177 e. The van der Waals surface area contributed by atoms with E-state index in [2.05, 4.69) is 32.1 Å². The van der Waals surface area contributed by atoms with Crippen molar-refractivity contribution in [3.63, 3.8) is 0 Å². The van der Waals surface area contributed by atoms with Gasteiger partial charge in [0.25, 0.3) is 0 Å². The second kappa shape index (κ2) is 6.54. The van der Waals surface area contributed by atoms with Crippen molar-refractivity contribution < 1.29 is 0 Å². The summed E-state index contributed by atoms with van der Waals surface area (Å²) in [5, 5.41) is 8.98. The molecule has 0 aliphatic rings. The highest BCUT2D eigenvalue weighted by Crippen LogP contribution is 2.21. The molecule has 0 spiro atoms. The zero-order valence-corrected chi connectivity index (χ0v) is 13.5. The third kappa shape index (κ3) is 3.24. The molecule has 0 bridgehead atoms. The SMILES string of the molecule is N#Cc1cccc(CCc2nc3ncc(-c4ccncc4)cc3[nH]2)c1. The predicted molar refractivity (Wildman–Crippen MR) is 95.7 cm³/mol. The molecule has 25 heavy (non-hydrogen) atoms. The zero-order chi connectivity index (χ0) is 17.1. The van der Waals surface area contributed by atoms with Gasteiger partial charge in [0.05, 0.1) is 17.1 Å². The lowest BCUT2D eigenvalue weighted by molar-refractivity contribution is 0.888. The molecular weight excluding hydrogens is 310 g/mol. The second-order valence-electron chi connectivity index (χ2n) is 5.83. The van der Waals surface area contributed by atoms with Crippen LogP contribution in [0, 0.1) is 11.3 Å². The number of rotatable bonds is 4. The van der Waals surface area contributed by atoms with Gasteiger partial charge in [-0.3, -0.25) is 4.98 Å². The standard InChI is InChI=1S/C20H15N5/c21-12-15-3-1-2-14(10-15)4-5-19-24-18-11-17(13-23-20(18)25-19)16-6-8-22-9-7-16/h1-3,6-11,13H,4-5H2,(H,23,24,25). The molecule has 0 atom stereocenters. The van der Waals surface area contributed by atoms with Gasteiger partial charge in [-0.25, -0.2) is 9.97 Å². The van der Waals surface area contributed by atoms with Gasteiger partial charge in [-0.05, 0) is 47.9 Å². The Bertz CT molecular complexity index is 1060. The summed E-state index contributed by atoms with van der Waals surface area (Å²) >= 11 is 0. The molecule has 0 saturated carbocycles. The molecule has 3 aromatic heterocycles. The van der Waals surface area contributed by atoms with E-state index in [4.69, 9.17) is 5.26 Å². The summed E-state index contributed by atoms with van der Waals surface area (Å²) < 4.78 is 0. The van der Waals surface area contributed by atoms with Crippen molar-refractivity contribution in [2.24, 2.45) is 0 Å². The third-order valence-electron chi connectivity index (χ3n) is 4.11. The number of imidazole rings is 1. The van der Waals surface area contributed by atoms with E-state index in [1.165, 1.54) is 0 Å². The average Bonchev–Trinajstić information content (AvgIpc) is 3.09. The summed E-state index contributed by atoms with van der Waals surface area (Å²) in [5.74, 6) is 0.900. The predicted octanol–water partition coefficient (Wildman–Crippen LogP) is 3.68. The summed E-state index contributed by atoms with van der Waals surface area (Å²) in [5.41, 5.74) is 5.57. The number of H-pyrrole nitrogens is 1. The first-order chi connectivity index (χ1) is 12.3. The van der Waals surface area contributed by atoms with E-state index in [0.717, 1.165) is 46.5 Å². The highest BCUT2D eigenvalue weighted by atomic mass is 15.0. The first-order valence-electron chi connectivity index (χ1n) is 8.06. The Morgan fingerprint density at radius 3 is 2.72 bits per heavy atom. The van der Waals surface area contributed by atoms with Crippen LogP contribution in [0.1, 0.15) is 17.0 Å². The van der Waals surface area contributed by atoms with Crippen LogP contribution in [0.25, 0.3) is 22.3 Å². The number of nitriles is 1. The number of fused-ring (bicyclic) bond motifs is 1. The first-order valence-corrected chi connectivity index (χ1v) is 8.06. The summed E-state index contributed by atoms with van der Waals surface area (Å²) in [4.78, 5) is 16.4. The Morgan fingerprint density at radius 1 is 1.00 bits per heavy atom. The number of nitrogens with one attached hydrogen (secondary N) is 1. The van der Waals surface area contributed by atoms with Crippen LogP contribution in [-0.4, -0.2) is 19.9 Å². The Balaban J connectivity index is 1.56. The van der Waals surface area contributed by atoms with Crippen LogP contribution in [0.3, 0.4) is 0 Å². The molecule has 0 saturated heterocycles. The van der Waals surface area contributed by atoms with Crippen molar-refractivity contribution >= 4 is 11.2 Å². The number of hydrogen-bond donors (Lipinski definition) is 1. The van der Waals surface area contributed by atoms with Crippen LogP contribution in [0.15, 0.2) is 61.1 Å². The summed E-state index contributed by atoms with van der Waals surface area (Å²) in [7, 11) is 0. The normalized spacial score (nSPS) is 10.7. The van der Waals surface area contributed by atoms with E-state index in [-0.39, 0.29) is 0 Å². The maximum atomic E-state index is 8.98. The highest BCUT2D eigenvalue weighted by Gasteiger charge is 2.07. The summed E-state index contributed by atoms with van der Waals surface area (Å²) in [6.07, 6.45) is 6.97. The fraction of sp³-hybridized carbons (Fsp3) is 0.100. The molecule has 4 rings (SSSR count). The second-order valence-corrected chi connectivity index (χ2v) is 5.83. The van der Waals surface area contributed by atoms with Crippen molar-refractivity contribution in [2.75, 3.05) is 0 Å². The van der Waals surface area contributed by atoms with Gasteiger partial charge in [0.1, 0.15) is 5.82 Å². The lowest BCUT2D eigenvalue weighted by Crippen LogP contribution is -1.93. The van der Waals surface area contributed by atoms with Gasteiger partial charge < -0.3 is 4.98 Å². The van der Waals surface area contributed by atoms with E-state index in [9.17, 15) is 0 Å². The van der Waals surface area contributed by atoms with Crippen LogP contribution >= 0.6 is 0 Å². The fourth-order valence-corrected chi connectivity index (χ4v) is 2.83. The molecule has 0 unspecified atom stereocenters. The largest absolute Gasteiger partial charge is 0.341 e. The molecule has 0 aliphatic heterocycles. The number of pyridine rings is 2. The quantitative estimate of drug-likeness (QED) is 0.621. The number of aromatic nitrogens is 4. The van der Waals surface area contributed by atoms with E-state index in [1.54, 1.807) is 12.4 Å². The van der Waals surface area contributed by atoms with E-state index in [0.29, 0.717) is 5.56 Å². The molecule has 5 heteroatoms. The minimum atomic E-state index is 0.686. The molecule has 0 radical (unpaired) electrons. The molecule has 4 aromatic rings. The average molecular weight is 325 g/mol. The fourth-order valence-electron chi connectivity index (χ4n) is 2.83. The van der Waals surface area contributed by atoms with Gasteiger partial charge >= 0.3 is 0 Å². The van der Waals surface area contributed by atoms with Crippen molar-refractivity contribution in [1.82, 2.24) is 19.9 Å². The maximum absolute atomic E-state index is 8.98. The first kappa shape index (κ1) is 15.0. The minimum Gasteiger partial charge on any atom is -0.341 e. The topological polar surface area (TPSA) is 78.2 Å². The van der Waals surface area contributed by atoms with Crippen LogP contribution < -0.4 is 0 Å². The van der Waals surface area contributed by atoms with E-state index < -0.39 is 0 Å². The van der Waals surface area contributed by atoms with Crippen LogP contribution in [0.2, 0.25) is 0 Å². The Kier molecular flexibility index (Phi) is 3.93. The molecule has 0 fully saturated rings. The van der Waals surface area contributed by atoms with Gasteiger partial charge in [-0.2, -0.15) is 5.26 Å². The van der Waals surface area contributed by atoms with Gasteiger partial charge in [0, 0.05) is 30.6 Å². The van der Waals surface area contributed by atoms with Gasteiger partial charge in [0.15, 0.2) is 5.65 Å². The Morgan fingerprint density at radius 2 is 1.88 bits per heavy atom. The molecule has 0 aliphatic carbocycles. The number of benzene rings is 1. The third-order valence-corrected chi connectivity index (χ3v) is 4.11. The van der Waals surface area contributed by atoms with Crippen LogP contribution in [0.4, 0.5) is 0 Å². The van der Waals surface area contributed by atoms with Gasteiger partial charge in [-0.1, -0.05) is 12.1 Å². The highest BCUT2D eigenvalue weighted by molar-refractivity contribution is 5.77. The van der Waals surface area contributed by atoms with Crippen molar-refractivity contribution in [1.29, 1.82) is 5.26 Å². The Hall–Kier alpha value is -3.52. The van der Waals surface area contributed by atoms with Gasteiger partial charge in [-0.15, -0.1) is 0 Å².